The Bertz CT molecular complexity index is 690. The summed E-state index contributed by atoms with van der Waals surface area (Å²) in [6.45, 7) is 1.22. The molecule has 16 heteroatoms. The molecule has 1 aliphatic heterocycles. The van der Waals surface area contributed by atoms with Gasteiger partial charge in [0.25, 0.3) is 0 Å². The fourth-order valence-electron chi connectivity index (χ4n) is 2.44. The Hall–Kier alpha value is -3.25. The Balaban J connectivity index is -0.000000416. The zero-order chi connectivity index (χ0) is 25.0. The number of hydrogen-bond donors (Lipinski definition) is 8. The second-order valence-corrected chi connectivity index (χ2v) is 6.56. The van der Waals surface area contributed by atoms with Crippen LogP contribution in [0.4, 0.5) is 0 Å². The summed E-state index contributed by atoms with van der Waals surface area (Å²) in [5.74, 6) is -7.07. The fourth-order valence-corrected chi connectivity index (χ4v) is 2.44. The van der Waals surface area contributed by atoms with Crippen molar-refractivity contribution in [3.63, 3.8) is 0 Å². The Morgan fingerprint density at radius 3 is 1.47 bits per heavy atom. The van der Waals surface area contributed by atoms with Crippen molar-refractivity contribution in [2.75, 3.05) is 13.6 Å². The molecule has 0 bridgehead atoms. The van der Waals surface area contributed by atoms with E-state index in [9.17, 15) is 19.2 Å². The Morgan fingerprint density at radius 1 is 0.853 bits per heavy atom. The molecular formula is C18H30N2O14. The molecule has 2 rings (SSSR count). The van der Waals surface area contributed by atoms with Gasteiger partial charge in [0, 0.05) is 18.4 Å². The molecule has 1 fully saturated rings. The molecule has 2 heterocycles. The lowest BCUT2D eigenvalue weighted by Gasteiger charge is -2.18. The molecule has 5 unspecified atom stereocenters. The number of carboxylic acid groups (broad SMARTS) is 4. The molecule has 34 heavy (non-hydrogen) atoms. The summed E-state index contributed by atoms with van der Waals surface area (Å²) in [6, 6.07) is 4.79. The highest BCUT2D eigenvalue weighted by Gasteiger charge is 2.30. The van der Waals surface area contributed by atoms with Crippen molar-refractivity contribution < 1.29 is 71.0 Å². The highest BCUT2D eigenvalue weighted by Crippen LogP contribution is 2.29. The van der Waals surface area contributed by atoms with Crippen molar-refractivity contribution in [1.29, 1.82) is 0 Å². The highest BCUT2D eigenvalue weighted by atomic mass is 16.4. The molecule has 0 aliphatic carbocycles. The number of rotatable bonds is 7. The molecule has 1 saturated heterocycles. The van der Waals surface area contributed by atoms with Crippen molar-refractivity contribution in [2.24, 2.45) is 0 Å². The third-order valence-electron chi connectivity index (χ3n) is 4.20. The molecule has 0 radical (unpaired) electrons. The minimum Gasteiger partial charge on any atom is -0.479 e. The number of hydrogen-bond acceptors (Lipinski definition) is 10. The summed E-state index contributed by atoms with van der Waals surface area (Å²) in [5.41, 5.74) is 1.36. The van der Waals surface area contributed by atoms with Gasteiger partial charge in [0.15, 0.2) is 24.4 Å². The first kappa shape index (κ1) is 35.3. The number of carbonyl (C=O) groups is 4. The number of aliphatic hydroxyl groups is 4. The Kier molecular flexibility index (Phi) is 17.9. The van der Waals surface area contributed by atoms with Crippen LogP contribution in [0.3, 0.4) is 0 Å². The minimum atomic E-state index is -2.27. The van der Waals surface area contributed by atoms with Gasteiger partial charge in [-0.2, -0.15) is 0 Å². The average molecular weight is 498 g/mol. The summed E-state index contributed by atoms with van der Waals surface area (Å²) in [4.78, 5) is 45.6. The summed E-state index contributed by atoms with van der Waals surface area (Å²) in [7, 11) is 2.19. The van der Waals surface area contributed by atoms with E-state index in [1.807, 2.05) is 18.5 Å². The van der Waals surface area contributed by atoms with Gasteiger partial charge < -0.3 is 51.8 Å². The number of likely N-dealkylation sites (tertiary alicyclic amines) is 1. The van der Waals surface area contributed by atoms with Gasteiger partial charge in [-0.05, 0) is 38.1 Å². The van der Waals surface area contributed by atoms with Crippen molar-refractivity contribution >= 4 is 23.9 Å². The Morgan fingerprint density at radius 2 is 1.24 bits per heavy atom. The minimum absolute atomic E-state index is 0. The standard InChI is InChI=1S/C10H14N2.2C4H6O6.2H2O/c1-12-7-3-5-10(12)9-4-2-6-11-8-9;2*5-1(3(7)8)2(6)4(9)10;;/h2,4,6,8,10H,3,5,7H2,1H3;2*1-2,5-6H,(H,7,8)(H,9,10);2*1H2. The smallest absolute Gasteiger partial charge is 0.335 e. The van der Waals surface area contributed by atoms with Gasteiger partial charge >= 0.3 is 23.9 Å². The molecule has 1 aromatic heterocycles. The van der Waals surface area contributed by atoms with Gasteiger partial charge in [-0.1, -0.05) is 6.07 Å². The van der Waals surface area contributed by atoms with E-state index in [0.717, 1.165) is 0 Å². The molecule has 196 valence electrons. The molecule has 5 atom stereocenters. The van der Waals surface area contributed by atoms with Crippen LogP contribution in [-0.2, 0) is 19.2 Å². The van der Waals surface area contributed by atoms with Gasteiger partial charge in [0.05, 0.1) is 0 Å². The SMILES string of the molecule is CN1CCCC1c1cccnc1.O.O.O=C(O)C(O)C(O)C(=O)O.O=C(O)C(O)C(O)C(=O)O. The molecule has 1 aromatic rings. The molecule has 0 spiro atoms. The van der Waals surface area contributed by atoms with Crippen molar-refractivity contribution in [3.8, 4) is 0 Å². The van der Waals surface area contributed by atoms with E-state index >= 15 is 0 Å². The van der Waals surface area contributed by atoms with Crippen molar-refractivity contribution in [1.82, 2.24) is 9.88 Å². The molecule has 0 aromatic carbocycles. The first-order chi connectivity index (χ1) is 14.8. The van der Waals surface area contributed by atoms with E-state index in [-0.39, 0.29) is 11.0 Å². The predicted molar refractivity (Wildman–Crippen MR) is 111 cm³/mol. The molecule has 1 aliphatic rings. The van der Waals surface area contributed by atoms with Crippen LogP contribution in [0.5, 0.6) is 0 Å². The predicted octanol–water partition coefficient (Wildman–Crippen LogP) is -4.05. The molecule has 12 N–H and O–H groups in total. The first-order valence-electron chi connectivity index (χ1n) is 9.04. The number of aliphatic hydroxyl groups excluding tert-OH is 4. The summed E-state index contributed by atoms with van der Waals surface area (Å²) in [5, 5.41) is 65.1. The number of carboxylic acids is 4. The normalized spacial score (nSPS) is 18.0. The zero-order valence-electron chi connectivity index (χ0n) is 17.9. The number of nitrogens with zero attached hydrogens (tertiary/aromatic N) is 2. The Labute approximate surface area is 192 Å². The second kappa shape index (κ2) is 17.3. The van der Waals surface area contributed by atoms with E-state index in [1.165, 1.54) is 24.9 Å². The molecular weight excluding hydrogens is 468 g/mol. The lowest BCUT2D eigenvalue weighted by molar-refractivity contribution is -0.165. The van der Waals surface area contributed by atoms with Gasteiger partial charge in [-0.25, -0.2) is 19.2 Å². The summed E-state index contributed by atoms with van der Waals surface area (Å²) >= 11 is 0. The third-order valence-corrected chi connectivity index (χ3v) is 4.20. The van der Waals surface area contributed by atoms with Crippen LogP contribution in [0.25, 0.3) is 0 Å². The first-order valence-corrected chi connectivity index (χ1v) is 9.04. The van der Waals surface area contributed by atoms with E-state index in [4.69, 9.17) is 40.9 Å². The average Bonchev–Trinajstić information content (AvgIpc) is 3.18. The monoisotopic (exact) mass is 498 g/mol. The van der Waals surface area contributed by atoms with Gasteiger partial charge in [-0.3, -0.25) is 9.88 Å². The third kappa shape index (κ3) is 12.1. The molecule has 0 saturated carbocycles. The number of pyridine rings is 1. The van der Waals surface area contributed by atoms with Gasteiger partial charge in [0.2, 0.25) is 0 Å². The van der Waals surface area contributed by atoms with Crippen LogP contribution < -0.4 is 0 Å². The van der Waals surface area contributed by atoms with Crippen LogP contribution in [0.15, 0.2) is 24.5 Å². The van der Waals surface area contributed by atoms with Crippen molar-refractivity contribution in [2.45, 2.75) is 43.3 Å². The zero-order valence-corrected chi connectivity index (χ0v) is 17.9. The van der Waals surface area contributed by atoms with Crippen LogP contribution in [0.1, 0.15) is 24.4 Å². The van der Waals surface area contributed by atoms with Crippen LogP contribution in [0, 0.1) is 0 Å². The maximum Gasteiger partial charge on any atom is 0.335 e. The van der Waals surface area contributed by atoms with Gasteiger partial charge in [-0.15, -0.1) is 0 Å². The topological polar surface area (TPSA) is 309 Å². The largest absolute Gasteiger partial charge is 0.479 e. The van der Waals surface area contributed by atoms with E-state index < -0.39 is 48.3 Å². The second-order valence-electron chi connectivity index (χ2n) is 6.56. The fraction of sp³-hybridized carbons (Fsp3) is 0.500. The lowest BCUT2D eigenvalue weighted by Crippen LogP contribution is -2.39. The van der Waals surface area contributed by atoms with Crippen LogP contribution in [0.2, 0.25) is 0 Å². The quantitative estimate of drug-likeness (QED) is 0.177. The van der Waals surface area contributed by atoms with E-state index in [1.54, 1.807) is 0 Å². The molecule has 16 nitrogen and oxygen atoms in total. The van der Waals surface area contributed by atoms with Gasteiger partial charge in [0.1, 0.15) is 0 Å². The highest BCUT2D eigenvalue weighted by molar-refractivity contribution is 5.83. The van der Waals surface area contributed by atoms with Crippen molar-refractivity contribution in [3.05, 3.63) is 30.1 Å². The van der Waals surface area contributed by atoms with Crippen LogP contribution in [-0.4, -0.2) is 124 Å². The summed E-state index contributed by atoms with van der Waals surface area (Å²) in [6.07, 6.45) is -2.66. The summed E-state index contributed by atoms with van der Waals surface area (Å²) < 4.78 is 0. The lowest BCUT2D eigenvalue weighted by atomic mass is 10.1. The molecule has 0 amide bonds. The number of aromatic nitrogens is 1. The maximum atomic E-state index is 9.77. The van der Waals surface area contributed by atoms with Crippen LogP contribution >= 0.6 is 0 Å². The number of aliphatic carboxylic acids is 4. The van der Waals surface area contributed by atoms with E-state index in [2.05, 4.69) is 23.0 Å². The maximum absolute atomic E-state index is 9.77. The van der Waals surface area contributed by atoms with E-state index in [0.29, 0.717) is 6.04 Å².